The van der Waals surface area contributed by atoms with E-state index in [0.29, 0.717) is 38.8 Å². The topological polar surface area (TPSA) is 111 Å². The van der Waals surface area contributed by atoms with Crippen molar-refractivity contribution in [1.29, 1.82) is 5.26 Å². The first-order chi connectivity index (χ1) is 22.8. The number of nitrogens with one attached hydrogen (secondary N) is 3. The molecular formula is C37H29ClN4O3S2. The second-order valence-electron chi connectivity index (χ2n) is 10.2. The highest BCUT2D eigenvalue weighted by molar-refractivity contribution is 8.00. The molecule has 0 saturated heterocycles. The molecule has 4 aromatic carbocycles. The predicted molar refractivity (Wildman–Crippen MR) is 191 cm³/mol. The molecule has 0 aliphatic heterocycles. The molecule has 3 N–H and O–H groups in total. The molecule has 1 aromatic heterocycles. The van der Waals surface area contributed by atoms with Crippen LogP contribution in [0.5, 0.6) is 0 Å². The van der Waals surface area contributed by atoms with Crippen LogP contribution in [0.4, 0.5) is 10.7 Å². The number of rotatable bonds is 11. The summed E-state index contributed by atoms with van der Waals surface area (Å²) in [6.45, 7) is 1.92. The van der Waals surface area contributed by atoms with Crippen molar-refractivity contribution in [1.82, 2.24) is 5.32 Å². The summed E-state index contributed by atoms with van der Waals surface area (Å²) in [4.78, 5) is 40.6. The number of thiophene rings is 1. The number of nitriles is 1. The quantitative estimate of drug-likeness (QED) is 0.0956. The summed E-state index contributed by atoms with van der Waals surface area (Å²) >= 11 is 8.71. The van der Waals surface area contributed by atoms with Crippen LogP contribution in [0.2, 0.25) is 5.02 Å². The molecule has 1 unspecified atom stereocenters. The Hall–Kier alpha value is -5.14. The number of carbonyl (C=O) groups is 3. The van der Waals surface area contributed by atoms with Gasteiger partial charge in [0, 0.05) is 32.1 Å². The van der Waals surface area contributed by atoms with E-state index in [9.17, 15) is 19.6 Å². The summed E-state index contributed by atoms with van der Waals surface area (Å²) in [5, 5.41) is 20.9. The van der Waals surface area contributed by atoms with Crippen molar-refractivity contribution in [3.8, 4) is 17.2 Å². The fraction of sp³-hybridized carbons (Fsp3) is 0.0811. The minimum atomic E-state index is -0.521. The van der Waals surface area contributed by atoms with E-state index in [-0.39, 0.29) is 11.6 Å². The Labute approximate surface area is 286 Å². The summed E-state index contributed by atoms with van der Waals surface area (Å²) in [6.07, 6.45) is 2.11. The van der Waals surface area contributed by atoms with Crippen LogP contribution < -0.4 is 16.0 Å². The van der Waals surface area contributed by atoms with Gasteiger partial charge in [0.25, 0.3) is 11.8 Å². The molecule has 1 atom stereocenters. The van der Waals surface area contributed by atoms with Crippen LogP contribution in [0.25, 0.3) is 17.2 Å². The van der Waals surface area contributed by atoms with Gasteiger partial charge in [-0.05, 0) is 66.1 Å². The monoisotopic (exact) mass is 676 g/mol. The minimum Gasteiger partial charge on any atom is -0.321 e. The van der Waals surface area contributed by atoms with Crippen LogP contribution in [0.15, 0.2) is 125 Å². The maximum Gasteiger partial charge on any atom is 0.272 e. The van der Waals surface area contributed by atoms with Gasteiger partial charge in [0.05, 0.1) is 10.8 Å². The third-order valence-corrected chi connectivity index (χ3v) is 9.47. The van der Waals surface area contributed by atoms with E-state index in [0.717, 1.165) is 16.0 Å². The number of thioether (sulfide) groups is 1. The molecule has 0 fully saturated rings. The Morgan fingerprint density at radius 2 is 1.62 bits per heavy atom. The van der Waals surface area contributed by atoms with Gasteiger partial charge in [0.1, 0.15) is 16.8 Å². The van der Waals surface area contributed by atoms with Gasteiger partial charge >= 0.3 is 0 Å². The predicted octanol–water partition coefficient (Wildman–Crippen LogP) is 8.86. The summed E-state index contributed by atoms with van der Waals surface area (Å²) in [7, 11) is 0. The standard InChI is InChI=1S/C37H29ClN4O3S2/c1-2-33(36(45)42-37-30(22-39)31(23-46-37)25-10-5-3-6-11-25)47-29-15-9-14-28(21-29)40-35(44)32(20-24-16-18-27(38)19-17-24)41-34(43)26-12-7-4-8-13-26/h3-21,23,33H,2H2,1H3,(H,40,44)(H,41,43)(H,42,45)/b32-20+. The van der Waals surface area contributed by atoms with E-state index in [1.807, 2.05) is 48.7 Å². The van der Waals surface area contributed by atoms with Gasteiger partial charge in [0.2, 0.25) is 5.91 Å². The average Bonchev–Trinajstić information content (AvgIpc) is 3.51. The van der Waals surface area contributed by atoms with Crippen LogP contribution in [-0.4, -0.2) is 23.0 Å². The molecule has 0 aliphatic rings. The fourth-order valence-corrected chi connectivity index (χ4v) is 6.65. The largest absolute Gasteiger partial charge is 0.321 e. The summed E-state index contributed by atoms with van der Waals surface area (Å²) in [5.41, 5.74) is 3.74. The molecule has 3 amide bonds. The highest BCUT2D eigenvalue weighted by Gasteiger charge is 2.22. The normalized spacial score (nSPS) is 11.6. The zero-order chi connectivity index (χ0) is 33.2. The van der Waals surface area contributed by atoms with Gasteiger partial charge in [-0.2, -0.15) is 5.26 Å². The number of halogens is 1. The molecule has 0 saturated carbocycles. The number of hydrogen-bond donors (Lipinski definition) is 3. The molecule has 0 bridgehead atoms. The highest BCUT2D eigenvalue weighted by atomic mass is 35.5. The van der Waals surface area contributed by atoms with Crippen LogP contribution in [-0.2, 0) is 9.59 Å². The van der Waals surface area contributed by atoms with Crippen LogP contribution in [0.3, 0.4) is 0 Å². The van der Waals surface area contributed by atoms with E-state index < -0.39 is 17.1 Å². The molecular weight excluding hydrogens is 648 g/mol. The Bertz CT molecular complexity index is 1950. The molecule has 5 aromatic rings. The number of amides is 3. The van der Waals surface area contributed by atoms with Crippen molar-refractivity contribution < 1.29 is 14.4 Å². The van der Waals surface area contributed by atoms with Gasteiger partial charge in [0.15, 0.2) is 0 Å². The molecule has 10 heteroatoms. The number of anilines is 2. The third-order valence-electron chi connectivity index (χ3n) is 6.97. The van der Waals surface area contributed by atoms with Crippen molar-refractivity contribution in [3.63, 3.8) is 0 Å². The number of benzene rings is 4. The van der Waals surface area contributed by atoms with Crippen molar-refractivity contribution in [3.05, 3.63) is 142 Å². The minimum absolute atomic E-state index is 0.0455. The summed E-state index contributed by atoms with van der Waals surface area (Å²) in [5.74, 6) is -1.17. The van der Waals surface area contributed by atoms with Crippen LogP contribution >= 0.6 is 34.7 Å². The average molecular weight is 677 g/mol. The molecule has 1 heterocycles. The van der Waals surface area contributed by atoms with E-state index in [2.05, 4.69) is 22.0 Å². The van der Waals surface area contributed by atoms with Crippen molar-refractivity contribution >= 4 is 69.2 Å². The lowest BCUT2D eigenvalue weighted by molar-refractivity contribution is -0.116. The maximum absolute atomic E-state index is 13.5. The second-order valence-corrected chi connectivity index (χ2v) is 12.8. The lowest BCUT2D eigenvalue weighted by Gasteiger charge is -2.16. The van der Waals surface area contributed by atoms with Gasteiger partial charge in [-0.1, -0.05) is 85.3 Å². The Morgan fingerprint density at radius 1 is 0.915 bits per heavy atom. The maximum atomic E-state index is 13.5. The number of hydrogen-bond acceptors (Lipinski definition) is 6. The highest BCUT2D eigenvalue weighted by Crippen LogP contribution is 2.36. The Balaban J connectivity index is 1.30. The van der Waals surface area contributed by atoms with Gasteiger partial charge < -0.3 is 16.0 Å². The molecule has 5 rings (SSSR count). The number of nitrogens with zero attached hydrogens (tertiary/aromatic N) is 1. The second kappa shape index (κ2) is 15.9. The first kappa shape index (κ1) is 33.2. The van der Waals surface area contributed by atoms with Crippen molar-refractivity contribution in [2.75, 3.05) is 10.6 Å². The Morgan fingerprint density at radius 3 is 2.30 bits per heavy atom. The summed E-state index contributed by atoms with van der Waals surface area (Å²) in [6, 6.07) is 34.5. The molecule has 47 heavy (non-hydrogen) atoms. The summed E-state index contributed by atoms with van der Waals surface area (Å²) < 4.78 is 0. The molecule has 0 aliphatic carbocycles. The zero-order valence-electron chi connectivity index (χ0n) is 25.2. The SMILES string of the molecule is CCC(Sc1cccc(NC(=O)/C(=C\c2ccc(Cl)cc2)NC(=O)c2ccccc2)c1)C(=O)Nc1scc(-c2ccccc2)c1C#N. The van der Waals surface area contributed by atoms with E-state index in [1.165, 1.54) is 23.1 Å². The van der Waals surface area contributed by atoms with Gasteiger partial charge in [-0.15, -0.1) is 23.1 Å². The Kier molecular flexibility index (Phi) is 11.3. The van der Waals surface area contributed by atoms with Gasteiger partial charge in [-0.3, -0.25) is 14.4 Å². The van der Waals surface area contributed by atoms with Crippen LogP contribution in [0, 0.1) is 11.3 Å². The molecule has 0 radical (unpaired) electrons. The molecule has 0 spiro atoms. The fourth-order valence-electron chi connectivity index (χ4n) is 4.58. The first-order valence-electron chi connectivity index (χ1n) is 14.6. The van der Waals surface area contributed by atoms with Gasteiger partial charge in [-0.25, -0.2) is 0 Å². The first-order valence-corrected chi connectivity index (χ1v) is 16.8. The van der Waals surface area contributed by atoms with E-state index in [4.69, 9.17) is 11.6 Å². The molecule has 7 nitrogen and oxygen atoms in total. The lowest BCUT2D eigenvalue weighted by Crippen LogP contribution is -2.30. The van der Waals surface area contributed by atoms with Crippen LogP contribution in [0.1, 0.15) is 34.8 Å². The van der Waals surface area contributed by atoms with E-state index in [1.54, 1.807) is 78.9 Å². The number of carbonyl (C=O) groups excluding carboxylic acids is 3. The third kappa shape index (κ3) is 8.77. The smallest absolute Gasteiger partial charge is 0.272 e. The van der Waals surface area contributed by atoms with E-state index >= 15 is 0 Å². The molecule has 234 valence electrons. The van der Waals surface area contributed by atoms with Crippen molar-refractivity contribution in [2.45, 2.75) is 23.5 Å². The van der Waals surface area contributed by atoms with Crippen molar-refractivity contribution in [2.24, 2.45) is 0 Å². The lowest BCUT2D eigenvalue weighted by atomic mass is 10.1. The zero-order valence-corrected chi connectivity index (χ0v) is 27.6.